The highest BCUT2D eigenvalue weighted by Crippen LogP contribution is 2.35. The molecule has 0 radical (unpaired) electrons. The van der Waals surface area contributed by atoms with Gasteiger partial charge in [0.25, 0.3) is 0 Å². The van der Waals surface area contributed by atoms with Gasteiger partial charge in [0.1, 0.15) is 5.78 Å². The van der Waals surface area contributed by atoms with E-state index in [9.17, 15) is 4.79 Å². The fourth-order valence-electron chi connectivity index (χ4n) is 2.71. The molecule has 0 heterocycles. The summed E-state index contributed by atoms with van der Waals surface area (Å²) in [6.07, 6.45) is 7.55. The van der Waals surface area contributed by atoms with Crippen molar-refractivity contribution < 1.29 is 4.79 Å². The predicted octanol–water partition coefficient (Wildman–Crippen LogP) is 3.82. The highest BCUT2D eigenvalue weighted by molar-refractivity contribution is 5.78. The molecule has 0 saturated heterocycles. The van der Waals surface area contributed by atoms with Crippen LogP contribution < -0.4 is 0 Å². The molecular weight excluding hydrogens is 172 g/mol. The Balaban J connectivity index is 2.49. The maximum absolute atomic E-state index is 11.5. The van der Waals surface area contributed by atoms with Crippen molar-refractivity contribution in [3.8, 4) is 0 Å². The fourth-order valence-corrected chi connectivity index (χ4v) is 2.71. The van der Waals surface area contributed by atoms with E-state index in [1.54, 1.807) is 6.92 Å². The van der Waals surface area contributed by atoms with Crippen LogP contribution in [0, 0.1) is 17.8 Å². The summed E-state index contributed by atoms with van der Waals surface area (Å²) in [6, 6.07) is 0. The Bertz CT molecular complexity index is 186. The number of ketones is 1. The van der Waals surface area contributed by atoms with Gasteiger partial charge in [-0.25, -0.2) is 0 Å². The van der Waals surface area contributed by atoms with Crippen molar-refractivity contribution in [2.24, 2.45) is 17.8 Å². The Kier molecular flexibility index (Phi) is 4.64. The maximum Gasteiger partial charge on any atom is 0.133 e. The summed E-state index contributed by atoms with van der Waals surface area (Å²) in [5.74, 6) is 2.30. The second kappa shape index (κ2) is 5.53. The Morgan fingerprint density at radius 3 is 2.57 bits per heavy atom. The van der Waals surface area contributed by atoms with Crippen molar-refractivity contribution in [2.45, 2.75) is 59.3 Å². The average Bonchev–Trinajstić information content (AvgIpc) is 2.18. The van der Waals surface area contributed by atoms with E-state index in [1.165, 1.54) is 32.1 Å². The number of hydrogen-bond donors (Lipinski definition) is 0. The summed E-state index contributed by atoms with van der Waals surface area (Å²) in [4.78, 5) is 11.5. The van der Waals surface area contributed by atoms with Crippen LogP contribution in [0.1, 0.15) is 59.3 Å². The Hall–Kier alpha value is -0.330. The average molecular weight is 196 g/mol. The van der Waals surface area contributed by atoms with E-state index < -0.39 is 0 Å². The molecule has 3 atom stereocenters. The van der Waals surface area contributed by atoms with Gasteiger partial charge in [0.05, 0.1) is 0 Å². The van der Waals surface area contributed by atoms with Gasteiger partial charge in [0.15, 0.2) is 0 Å². The zero-order chi connectivity index (χ0) is 10.6. The lowest BCUT2D eigenvalue weighted by Crippen LogP contribution is -2.26. The first kappa shape index (κ1) is 11.7. The minimum absolute atomic E-state index is 0.387. The first-order chi connectivity index (χ1) is 6.65. The van der Waals surface area contributed by atoms with Crippen LogP contribution in [0.2, 0.25) is 0 Å². The van der Waals surface area contributed by atoms with Crippen LogP contribution in [0.5, 0.6) is 0 Å². The van der Waals surface area contributed by atoms with Crippen molar-refractivity contribution in [3.63, 3.8) is 0 Å². The molecule has 1 heteroatoms. The molecule has 1 saturated carbocycles. The van der Waals surface area contributed by atoms with Gasteiger partial charge in [-0.05, 0) is 38.0 Å². The summed E-state index contributed by atoms with van der Waals surface area (Å²) in [7, 11) is 0. The molecule has 0 aromatic heterocycles. The SMILES string of the molecule is CCC(C)CC1CCCCC1C(C)=O. The molecule has 1 fully saturated rings. The molecule has 0 spiro atoms. The van der Waals surface area contributed by atoms with E-state index in [0.29, 0.717) is 17.6 Å². The van der Waals surface area contributed by atoms with Crippen LogP contribution in [0.15, 0.2) is 0 Å². The molecule has 14 heavy (non-hydrogen) atoms. The van der Waals surface area contributed by atoms with Crippen molar-refractivity contribution >= 4 is 5.78 Å². The molecule has 1 nitrogen and oxygen atoms in total. The third-order valence-electron chi connectivity index (χ3n) is 3.83. The van der Waals surface area contributed by atoms with E-state index in [1.807, 2.05) is 0 Å². The van der Waals surface area contributed by atoms with Crippen molar-refractivity contribution in [1.82, 2.24) is 0 Å². The normalized spacial score (nSPS) is 29.9. The molecule has 0 N–H and O–H groups in total. The Labute approximate surface area is 88.3 Å². The predicted molar refractivity (Wildman–Crippen MR) is 60.2 cm³/mol. The lowest BCUT2D eigenvalue weighted by molar-refractivity contribution is -0.123. The second-order valence-electron chi connectivity index (χ2n) is 5.01. The topological polar surface area (TPSA) is 17.1 Å². The summed E-state index contributed by atoms with van der Waals surface area (Å²) in [5.41, 5.74) is 0. The van der Waals surface area contributed by atoms with Gasteiger partial charge in [-0.3, -0.25) is 4.79 Å². The smallest absolute Gasteiger partial charge is 0.133 e. The van der Waals surface area contributed by atoms with Crippen molar-refractivity contribution in [1.29, 1.82) is 0 Å². The molecule has 0 aromatic rings. The number of rotatable bonds is 4. The number of carbonyl (C=O) groups is 1. The summed E-state index contributed by atoms with van der Waals surface area (Å²) in [6.45, 7) is 6.33. The first-order valence-corrected chi connectivity index (χ1v) is 6.15. The third-order valence-corrected chi connectivity index (χ3v) is 3.83. The van der Waals surface area contributed by atoms with Crippen LogP contribution in [-0.2, 0) is 4.79 Å². The Morgan fingerprint density at radius 2 is 2.00 bits per heavy atom. The van der Waals surface area contributed by atoms with Gasteiger partial charge in [-0.2, -0.15) is 0 Å². The zero-order valence-electron chi connectivity index (χ0n) is 9.88. The van der Waals surface area contributed by atoms with E-state index in [-0.39, 0.29) is 0 Å². The van der Waals surface area contributed by atoms with Crippen LogP contribution in [0.3, 0.4) is 0 Å². The zero-order valence-corrected chi connectivity index (χ0v) is 9.88. The van der Waals surface area contributed by atoms with Gasteiger partial charge in [-0.15, -0.1) is 0 Å². The maximum atomic E-state index is 11.5. The van der Waals surface area contributed by atoms with Gasteiger partial charge in [0.2, 0.25) is 0 Å². The van der Waals surface area contributed by atoms with Crippen LogP contribution in [0.25, 0.3) is 0 Å². The lowest BCUT2D eigenvalue weighted by Gasteiger charge is -2.31. The molecule has 0 bridgehead atoms. The number of hydrogen-bond acceptors (Lipinski definition) is 1. The molecule has 82 valence electrons. The number of Topliss-reactive ketones (excluding diaryl/α,β-unsaturated/α-hetero) is 1. The van der Waals surface area contributed by atoms with Gasteiger partial charge in [0, 0.05) is 5.92 Å². The molecule has 1 aliphatic carbocycles. The lowest BCUT2D eigenvalue weighted by atomic mass is 9.73. The second-order valence-corrected chi connectivity index (χ2v) is 5.01. The molecule has 0 aromatic carbocycles. The van der Waals surface area contributed by atoms with Crippen LogP contribution in [0.4, 0.5) is 0 Å². The van der Waals surface area contributed by atoms with Gasteiger partial charge < -0.3 is 0 Å². The van der Waals surface area contributed by atoms with Crippen LogP contribution in [-0.4, -0.2) is 5.78 Å². The molecule has 0 aliphatic heterocycles. The molecule has 1 aliphatic rings. The fraction of sp³-hybridized carbons (Fsp3) is 0.923. The summed E-state index contributed by atoms with van der Waals surface area (Å²) >= 11 is 0. The minimum Gasteiger partial charge on any atom is -0.300 e. The van der Waals surface area contributed by atoms with E-state index in [2.05, 4.69) is 13.8 Å². The quantitative estimate of drug-likeness (QED) is 0.668. The molecule has 1 rings (SSSR count). The molecule has 3 unspecified atom stereocenters. The van der Waals surface area contributed by atoms with Crippen molar-refractivity contribution in [3.05, 3.63) is 0 Å². The van der Waals surface area contributed by atoms with Crippen molar-refractivity contribution in [2.75, 3.05) is 0 Å². The third kappa shape index (κ3) is 3.11. The first-order valence-electron chi connectivity index (χ1n) is 6.15. The summed E-state index contributed by atoms with van der Waals surface area (Å²) in [5, 5.41) is 0. The highest BCUT2D eigenvalue weighted by Gasteiger charge is 2.28. The largest absolute Gasteiger partial charge is 0.300 e. The molecular formula is C13H24O. The Morgan fingerprint density at radius 1 is 1.36 bits per heavy atom. The monoisotopic (exact) mass is 196 g/mol. The highest BCUT2D eigenvalue weighted by atomic mass is 16.1. The van der Waals surface area contributed by atoms with Gasteiger partial charge in [-0.1, -0.05) is 33.1 Å². The van der Waals surface area contributed by atoms with E-state index in [0.717, 1.165) is 12.3 Å². The van der Waals surface area contributed by atoms with E-state index in [4.69, 9.17) is 0 Å². The minimum atomic E-state index is 0.387. The van der Waals surface area contributed by atoms with Gasteiger partial charge >= 0.3 is 0 Å². The standard InChI is InChI=1S/C13H24O/c1-4-10(2)9-12-7-5-6-8-13(12)11(3)14/h10,12-13H,4-9H2,1-3H3. The van der Waals surface area contributed by atoms with E-state index >= 15 is 0 Å². The number of carbonyl (C=O) groups excluding carboxylic acids is 1. The summed E-state index contributed by atoms with van der Waals surface area (Å²) < 4.78 is 0. The molecule has 0 amide bonds. The van der Waals surface area contributed by atoms with Crippen LogP contribution >= 0.6 is 0 Å².